The monoisotopic (exact) mass is 378 g/mol. The standard InChI is InChI=1S/C18H13BrCl2/c19-16-7-3-6-15(18(16)21)17(20)11-12-8-9-13-4-1-2-5-14(13)10-12/h1-10,17H,11H2. The smallest absolute Gasteiger partial charge is 0.0640 e. The predicted molar refractivity (Wildman–Crippen MR) is 95.4 cm³/mol. The number of halogens is 3. The average Bonchev–Trinajstić information content (AvgIpc) is 2.50. The molecule has 1 unspecified atom stereocenters. The van der Waals surface area contributed by atoms with Gasteiger partial charge in [-0.1, -0.05) is 66.2 Å². The minimum absolute atomic E-state index is 0.142. The fourth-order valence-corrected chi connectivity index (χ4v) is 3.50. The Morgan fingerprint density at radius 2 is 1.67 bits per heavy atom. The van der Waals surface area contributed by atoms with Gasteiger partial charge < -0.3 is 0 Å². The van der Waals surface area contributed by atoms with Crippen LogP contribution < -0.4 is 0 Å². The van der Waals surface area contributed by atoms with Crippen molar-refractivity contribution in [2.75, 3.05) is 0 Å². The second-order valence-electron chi connectivity index (χ2n) is 5.00. The highest BCUT2D eigenvalue weighted by atomic mass is 79.9. The molecule has 0 saturated carbocycles. The van der Waals surface area contributed by atoms with Gasteiger partial charge >= 0.3 is 0 Å². The van der Waals surface area contributed by atoms with Crippen LogP contribution in [0.3, 0.4) is 0 Å². The number of alkyl halides is 1. The van der Waals surface area contributed by atoms with E-state index in [4.69, 9.17) is 23.2 Å². The molecule has 0 aromatic heterocycles. The first-order valence-electron chi connectivity index (χ1n) is 6.71. The molecule has 0 aliphatic rings. The molecule has 106 valence electrons. The van der Waals surface area contributed by atoms with E-state index in [0.717, 1.165) is 16.5 Å². The zero-order chi connectivity index (χ0) is 14.8. The van der Waals surface area contributed by atoms with Crippen molar-refractivity contribution in [1.29, 1.82) is 0 Å². The highest BCUT2D eigenvalue weighted by Gasteiger charge is 2.14. The molecule has 0 radical (unpaired) electrons. The van der Waals surface area contributed by atoms with Crippen LogP contribution >= 0.6 is 39.1 Å². The molecule has 3 rings (SSSR count). The zero-order valence-electron chi connectivity index (χ0n) is 11.2. The Hall–Kier alpha value is -1.02. The van der Waals surface area contributed by atoms with Crippen LogP contribution in [0.1, 0.15) is 16.5 Å². The quantitative estimate of drug-likeness (QED) is 0.440. The summed E-state index contributed by atoms with van der Waals surface area (Å²) >= 11 is 16.3. The van der Waals surface area contributed by atoms with Crippen molar-refractivity contribution in [1.82, 2.24) is 0 Å². The zero-order valence-corrected chi connectivity index (χ0v) is 14.3. The molecular formula is C18H13BrCl2. The summed E-state index contributed by atoms with van der Waals surface area (Å²) in [7, 11) is 0. The first-order valence-corrected chi connectivity index (χ1v) is 8.31. The van der Waals surface area contributed by atoms with Gasteiger partial charge in [-0.2, -0.15) is 0 Å². The van der Waals surface area contributed by atoms with Gasteiger partial charge in [0.25, 0.3) is 0 Å². The molecule has 0 nitrogen and oxygen atoms in total. The SMILES string of the molecule is Clc1c(Br)cccc1C(Cl)Cc1ccc2ccccc2c1. The highest BCUT2D eigenvalue weighted by Crippen LogP contribution is 2.35. The summed E-state index contributed by atoms with van der Waals surface area (Å²) in [5.74, 6) is 0. The van der Waals surface area contributed by atoms with E-state index in [1.165, 1.54) is 16.3 Å². The maximum absolute atomic E-state index is 6.56. The summed E-state index contributed by atoms with van der Waals surface area (Å²) in [5.41, 5.74) is 2.17. The minimum Gasteiger partial charge on any atom is -0.117 e. The van der Waals surface area contributed by atoms with Crippen molar-refractivity contribution in [3.05, 3.63) is 81.3 Å². The number of rotatable bonds is 3. The molecule has 0 aliphatic carbocycles. The fraction of sp³-hybridized carbons (Fsp3) is 0.111. The first-order chi connectivity index (χ1) is 10.1. The van der Waals surface area contributed by atoms with Crippen LogP contribution in [0.4, 0.5) is 0 Å². The van der Waals surface area contributed by atoms with Gasteiger partial charge in [0, 0.05) is 4.47 Å². The Morgan fingerprint density at radius 3 is 2.48 bits per heavy atom. The summed E-state index contributed by atoms with van der Waals surface area (Å²) in [6.45, 7) is 0. The van der Waals surface area contributed by atoms with Crippen molar-refractivity contribution < 1.29 is 0 Å². The topological polar surface area (TPSA) is 0 Å². The van der Waals surface area contributed by atoms with Crippen LogP contribution in [0.5, 0.6) is 0 Å². The normalized spacial score (nSPS) is 12.5. The molecule has 1 atom stereocenters. The number of hydrogen-bond acceptors (Lipinski definition) is 0. The molecule has 0 amide bonds. The Morgan fingerprint density at radius 1 is 0.905 bits per heavy atom. The van der Waals surface area contributed by atoms with Gasteiger partial charge in [0.15, 0.2) is 0 Å². The van der Waals surface area contributed by atoms with E-state index in [-0.39, 0.29) is 5.38 Å². The summed E-state index contributed by atoms with van der Waals surface area (Å²) in [6.07, 6.45) is 0.753. The number of fused-ring (bicyclic) bond motifs is 1. The number of benzene rings is 3. The van der Waals surface area contributed by atoms with Gasteiger partial charge in [0.1, 0.15) is 0 Å². The lowest BCUT2D eigenvalue weighted by Gasteiger charge is -2.13. The van der Waals surface area contributed by atoms with E-state index in [9.17, 15) is 0 Å². The van der Waals surface area contributed by atoms with Crippen molar-refractivity contribution >= 4 is 49.9 Å². The van der Waals surface area contributed by atoms with Gasteiger partial charge in [-0.25, -0.2) is 0 Å². The Kier molecular flexibility index (Phi) is 4.54. The summed E-state index contributed by atoms with van der Waals surface area (Å²) in [4.78, 5) is 0. The van der Waals surface area contributed by atoms with E-state index in [1.807, 2.05) is 24.3 Å². The molecular weight excluding hydrogens is 367 g/mol. The van der Waals surface area contributed by atoms with E-state index in [2.05, 4.69) is 52.3 Å². The van der Waals surface area contributed by atoms with Crippen molar-refractivity contribution in [2.24, 2.45) is 0 Å². The van der Waals surface area contributed by atoms with E-state index in [1.54, 1.807) is 0 Å². The summed E-state index contributed by atoms with van der Waals surface area (Å²) in [6, 6.07) is 20.6. The van der Waals surface area contributed by atoms with Gasteiger partial charge in [-0.05, 0) is 50.3 Å². The summed E-state index contributed by atoms with van der Waals surface area (Å²) in [5, 5.41) is 3.03. The molecule has 3 heteroatoms. The molecule has 0 heterocycles. The molecule has 0 N–H and O–H groups in total. The molecule has 0 saturated heterocycles. The van der Waals surface area contributed by atoms with Gasteiger partial charge in [-0.3, -0.25) is 0 Å². The van der Waals surface area contributed by atoms with Gasteiger partial charge in [0.05, 0.1) is 10.4 Å². The maximum Gasteiger partial charge on any atom is 0.0640 e. The third kappa shape index (κ3) is 3.26. The van der Waals surface area contributed by atoms with Gasteiger partial charge in [-0.15, -0.1) is 11.6 Å². The number of hydrogen-bond donors (Lipinski definition) is 0. The third-order valence-corrected chi connectivity index (χ3v) is 5.25. The third-order valence-electron chi connectivity index (χ3n) is 3.55. The van der Waals surface area contributed by atoms with Crippen LogP contribution in [0.25, 0.3) is 10.8 Å². The van der Waals surface area contributed by atoms with E-state index >= 15 is 0 Å². The molecule has 3 aromatic rings. The average molecular weight is 380 g/mol. The van der Waals surface area contributed by atoms with Crippen LogP contribution in [0, 0.1) is 0 Å². The van der Waals surface area contributed by atoms with Crippen molar-refractivity contribution in [3.8, 4) is 0 Å². The molecule has 21 heavy (non-hydrogen) atoms. The minimum atomic E-state index is -0.142. The second-order valence-corrected chi connectivity index (χ2v) is 6.76. The Balaban J connectivity index is 1.89. The Bertz CT molecular complexity index is 783. The van der Waals surface area contributed by atoms with Crippen molar-refractivity contribution in [3.63, 3.8) is 0 Å². The molecule has 0 bridgehead atoms. The molecule has 3 aromatic carbocycles. The summed E-state index contributed by atoms with van der Waals surface area (Å²) < 4.78 is 0.880. The van der Waals surface area contributed by atoms with E-state index in [0.29, 0.717) is 5.02 Å². The fourth-order valence-electron chi connectivity index (χ4n) is 2.45. The van der Waals surface area contributed by atoms with E-state index < -0.39 is 0 Å². The first kappa shape index (κ1) is 14.9. The lowest BCUT2D eigenvalue weighted by atomic mass is 10.0. The second kappa shape index (κ2) is 6.39. The lowest BCUT2D eigenvalue weighted by Crippen LogP contribution is -1.97. The molecule has 0 spiro atoms. The largest absolute Gasteiger partial charge is 0.117 e. The van der Waals surface area contributed by atoms with Crippen LogP contribution in [-0.2, 0) is 6.42 Å². The van der Waals surface area contributed by atoms with Crippen LogP contribution in [-0.4, -0.2) is 0 Å². The highest BCUT2D eigenvalue weighted by molar-refractivity contribution is 9.10. The molecule has 0 fully saturated rings. The molecule has 0 aliphatic heterocycles. The predicted octanol–water partition coefficient (Wildman–Crippen LogP) is 6.78. The maximum atomic E-state index is 6.56. The van der Waals surface area contributed by atoms with Crippen LogP contribution in [0.2, 0.25) is 5.02 Å². The van der Waals surface area contributed by atoms with Crippen LogP contribution in [0.15, 0.2) is 65.1 Å². The van der Waals surface area contributed by atoms with Crippen molar-refractivity contribution in [2.45, 2.75) is 11.8 Å². The van der Waals surface area contributed by atoms with Gasteiger partial charge in [0.2, 0.25) is 0 Å². The lowest BCUT2D eigenvalue weighted by molar-refractivity contribution is 0.921. The Labute approximate surface area is 142 Å².